The number of benzene rings is 2. The lowest BCUT2D eigenvalue weighted by atomic mass is 10.1. The first-order valence-corrected chi connectivity index (χ1v) is 5.45. The van der Waals surface area contributed by atoms with Crippen LogP contribution in [0.4, 0.5) is 0 Å². The zero-order valence-corrected chi connectivity index (χ0v) is 9.37. The lowest BCUT2D eigenvalue weighted by molar-refractivity contribution is 0.0723. The molecule has 0 radical (unpaired) electrons. The second kappa shape index (κ2) is 4.33. The van der Waals surface area contributed by atoms with Gasteiger partial charge in [0.25, 0.3) is 5.88 Å². The van der Waals surface area contributed by atoms with Crippen molar-refractivity contribution in [2.45, 2.75) is 0 Å². The second-order valence-electron chi connectivity index (χ2n) is 3.75. The highest BCUT2D eigenvalue weighted by Crippen LogP contribution is 2.20. The van der Waals surface area contributed by atoms with Crippen LogP contribution in [0.25, 0.3) is 10.8 Å². The van der Waals surface area contributed by atoms with E-state index < -0.39 is 5.97 Å². The van der Waals surface area contributed by atoms with Crippen molar-refractivity contribution < 1.29 is 14.1 Å². The summed E-state index contributed by atoms with van der Waals surface area (Å²) < 4.78 is 9.72. The lowest BCUT2D eigenvalue weighted by Crippen LogP contribution is -2.09. The number of hydrogen-bond donors (Lipinski definition) is 0. The van der Waals surface area contributed by atoms with Crippen molar-refractivity contribution in [3.8, 4) is 5.88 Å². The number of esters is 1. The van der Waals surface area contributed by atoms with E-state index in [1.807, 2.05) is 36.4 Å². The Hall–Kier alpha value is -2.62. The van der Waals surface area contributed by atoms with E-state index in [1.54, 1.807) is 6.07 Å². The van der Waals surface area contributed by atoms with E-state index >= 15 is 0 Å². The summed E-state index contributed by atoms with van der Waals surface area (Å²) in [4.78, 5) is 12.0. The van der Waals surface area contributed by atoms with Gasteiger partial charge in [-0.2, -0.15) is 0 Å². The normalized spacial score (nSPS) is 10.4. The molecule has 0 unspecified atom stereocenters. The minimum atomic E-state index is -0.444. The van der Waals surface area contributed by atoms with E-state index in [-0.39, 0.29) is 5.88 Å². The molecule has 0 bridgehead atoms. The molecule has 0 saturated heterocycles. The van der Waals surface area contributed by atoms with Crippen molar-refractivity contribution in [1.29, 1.82) is 0 Å². The van der Waals surface area contributed by atoms with E-state index in [2.05, 4.69) is 9.68 Å². The Balaban J connectivity index is 2.01. The molecule has 18 heavy (non-hydrogen) atoms. The molecule has 0 amide bonds. The van der Waals surface area contributed by atoms with Crippen LogP contribution in [0.15, 0.2) is 59.3 Å². The third-order valence-corrected chi connectivity index (χ3v) is 2.62. The number of fused-ring (bicyclic) bond motifs is 1. The Morgan fingerprint density at radius 1 is 1.06 bits per heavy atom. The number of carbonyl (C=O) groups is 1. The topological polar surface area (TPSA) is 52.3 Å². The molecule has 4 nitrogen and oxygen atoms in total. The summed E-state index contributed by atoms with van der Waals surface area (Å²) >= 11 is 0. The van der Waals surface area contributed by atoms with Gasteiger partial charge in [0.2, 0.25) is 0 Å². The number of ether oxygens (including phenoxy) is 1. The van der Waals surface area contributed by atoms with Crippen LogP contribution in [-0.4, -0.2) is 11.1 Å². The van der Waals surface area contributed by atoms with Crippen LogP contribution >= 0.6 is 0 Å². The summed E-state index contributed by atoms with van der Waals surface area (Å²) in [5, 5.41) is 5.39. The zero-order valence-electron chi connectivity index (χ0n) is 9.37. The van der Waals surface area contributed by atoms with Crippen molar-refractivity contribution >= 4 is 16.7 Å². The number of aromatic nitrogens is 1. The molecule has 0 atom stereocenters. The van der Waals surface area contributed by atoms with Crippen molar-refractivity contribution in [1.82, 2.24) is 5.16 Å². The molecule has 88 valence electrons. The molecule has 1 heterocycles. The largest absolute Gasteiger partial charge is 0.400 e. The smallest absolute Gasteiger partial charge is 0.345 e. The molecular formula is C14H9NO3. The second-order valence-corrected chi connectivity index (χ2v) is 3.75. The molecule has 4 heteroatoms. The third kappa shape index (κ3) is 1.84. The van der Waals surface area contributed by atoms with Gasteiger partial charge in [0.15, 0.2) is 0 Å². The highest BCUT2D eigenvalue weighted by Gasteiger charge is 2.13. The van der Waals surface area contributed by atoms with E-state index in [9.17, 15) is 4.79 Å². The van der Waals surface area contributed by atoms with Crippen LogP contribution < -0.4 is 4.74 Å². The maximum Gasteiger partial charge on any atom is 0.345 e. The van der Waals surface area contributed by atoms with Crippen LogP contribution in [0.3, 0.4) is 0 Å². The van der Waals surface area contributed by atoms with Crippen LogP contribution in [0.2, 0.25) is 0 Å². The van der Waals surface area contributed by atoms with E-state index in [1.165, 1.54) is 12.3 Å². The van der Waals surface area contributed by atoms with Crippen molar-refractivity contribution in [2.24, 2.45) is 0 Å². The molecule has 1 aromatic heterocycles. The van der Waals surface area contributed by atoms with Gasteiger partial charge in [-0.05, 0) is 22.0 Å². The van der Waals surface area contributed by atoms with Gasteiger partial charge in [0.05, 0.1) is 5.56 Å². The summed E-state index contributed by atoms with van der Waals surface area (Å²) in [7, 11) is 0. The number of carbonyl (C=O) groups excluding carboxylic acids is 1. The number of nitrogens with zero attached hydrogens (tertiary/aromatic N) is 1. The summed E-state index contributed by atoms with van der Waals surface area (Å²) in [6, 6.07) is 14.6. The van der Waals surface area contributed by atoms with Gasteiger partial charge in [-0.15, -0.1) is 0 Å². The molecule has 0 spiro atoms. The van der Waals surface area contributed by atoms with Crippen LogP contribution in [0.5, 0.6) is 5.88 Å². The molecule has 3 aromatic rings. The van der Waals surface area contributed by atoms with Crippen molar-refractivity contribution in [2.75, 3.05) is 0 Å². The zero-order chi connectivity index (χ0) is 12.4. The quantitative estimate of drug-likeness (QED) is 0.645. The maximum atomic E-state index is 12.0. The lowest BCUT2D eigenvalue weighted by Gasteiger charge is -2.04. The molecule has 0 aliphatic heterocycles. The molecule has 3 rings (SSSR count). The number of rotatable bonds is 2. The van der Waals surface area contributed by atoms with Crippen molar-refractivity contribution in [3.05, 3.63) is 60.4 Å². The highest BCUT2D eigenvalue weighted by molar-refractivity contribution is 6.05. The predicted molar refractivity (Wildman–Crippen MR) is 65.4 cm³/mol. The molecule has 0 fully saturated rings. The van der Waals surface area contributed by atoms with Gasteiger partial charge in [-0.25, -0.2) is 4.79 Å². The highest BCUT2D eigenvalue weighted by atomic mass is 16.6. The van der Waals surface area contributed by atoms with Crippen molar-refractivity contribution in [3.63, 3.8) is 0 Å². The van der Waals surface area contributed by atoms with Gasteiger partial charge in [0.1, 0.15) is 6.26 Å². The van der Waals surface area contributed by atoms with Crippen LogP contribution in [0, 0.1) is 0 Å². The Labute approximate surface area is 103 Å². The van der Waals surface area contributed by atoms with E-state index in [0.717, 1.165) is 10.8 Å². The molecule has 0 saturated carbocycles. The van der Waals surface area contributed by atoms with Crippen LogP contribution in [-0.2, 0) is 0 Å². The standard InChI is InChI=1S/C14H9NO3/c16-14(18-13-8-9-17-15-13)12-7-3-5-10-4-1-2-6-11(10)12/h1-9H. The minimum absolute atomic E-state index is 0.160. The molecule has 0 aliphatic carbocycles. The Kier molecular flexibility index (Phi) is 2.53. The predicted octanol–water partition coefficient (Wildman–Crippen LogP) is 3.05. The summed E-state index contributed by atoms with van der Waals surface area (Å²) in [5.74, 6) is -0.284. The molecule has 2 aromatic carbocycles. The first-order valence-electron chi connectivity index (χ1n) is 5.45. The minimum Gasteiger partial charge on any atom is -0.400 e. The molecule has 0 aliphatic rings. The summed E-state index contributed by atoms with van der Waals surface area (Å²) in [5.41, 5.74) is 0.510. The molecular weight excluding hydrogens is 230 g/mol. The third-order valence-electron chi connectivity index (χ3n) is 2.62. The maximum absolute atomic E-state index is 12.0. The molecule has 0 N–H and O–H groups in total. The van der Waals surface area contributed by atoms with Gasteiger partial charge < -0.3 is 9.26 Å². The first kappa shape index (κ1) is 10.5. The average Bonchev–Trinajstić information content (AvgIpc) is 2.91. The van der Waals surface area contributed by atoms with Gasteiger partial charge in [-0.1, -0.05) is 36.4 Å². The summed E-state index contributed by atoms with van der Waals surface area (Å²) in [6.45, 7) is 0. The monoisotopic (exact) mass is 239 g/mol. The van der Waals surface area contributed by atoms with Gasteiger partial charge in [0, 0.05) is 6.07 Å². The Bertz CT molecular complexity index is 684. The van der Waals surface area contributed by atoms with E-state index in [0.29, 0.717) is 5.56 Å². The number of hydrogen-bond acceptors (Lipinski definition) is 4. The first-order chi connectivity index (χ1) is 8.84. The van der Waals surface area contributed by atoms with Gasteiger partial charge >= 0.3 is 5.97 Å². The average molecular weight is 239 g/mol. The SMILES string of the molecule is O=C(Oc1ccon1)c1cccc2ccccc12. The Morgan fingerprint density at radius 2 is 1.89 bits per heavy atom. The fourth-order valence-electron chi connectivity index (χ4n) is 1.81. The van der Waals surface area contributed by atoms with Gasteiger partial charge in [-0.3, -0.25) is 0 Å². The Morgan fingerprint density at radius 3 is 2.72 bits per heavy atom. The van der Waals surface area contributed by atoms with Crippen LogP contribution in [0.1, 0.15) is 10.4 Å². The summed E-state index contributed by atoms with van der Waals surface area (Å²) in [6.07, 6.45) is 1.35. The fraction of sp³-hybridized carbons (Fsp3) is 0. The fourth-order valence-corrected chi connectivity index (χ4v) is 1.81. The van der Waals surface area contributed by atoms with E-state index in [4.69, 9.17) is 4.74 Å².